The molecule has 0 radical (unpaired) electrons. The summed E-state index contributed by atoms with van der Waals surface area (Å²) in [6, 6.07) is 0. The highest BCUT2D eigenvalue weighted by atomic mass is 15.2. The van der Waals surface area contributed by atoms with Crippen LogP contribution in [0.1, 0.15) is 25.1 Å². The maximum absolute atomic E-state index is 5.29. The minimum Gasteiger partial charge on any atom is -0.244 e. The highest BCUT2D eigenvalue weighted by Gasteiger charge is 2.03. The Balaban J connectivity index is 0.000000461. The van der Waals surface area contributed by atoms with Crippen molar-refractivity contribution < 1.29 is 0 Å². The molecule has 2 aromatic rings. The van der Waals surface area contributed by atoms with E-state index in [1.165, 1.54) is 0 Å². The van der Waals surface area contributed by atoms with Crippen molar-refractivity contribution in [2.45, 2.75) is 20.8 Å². The average Bonchev–Trinajstić information content (AvgIpc) is 2.64. The molecule has 2 rings (SSSR count). The lowest BCUT2D eigenvalue weighted by Gasteiger charge is -1.95. The van der Waals surface area contributed by atoms with Gasteiger partial charge in [-0.25, -0.2) is 9.50 Å². The lowest BCUT2D eigenvalue weighted by Crippen LogP contribution is -1.92. The normalized spacial score (nSPS) is 9.00. The van der Waals surface area contributed by atoms with Crippen molar-refractivity contribution in [3.05, 3.63) is 29.8 Å². The van der Waals surface area contributed by atoms with Crippen LogP contribution in [0.5, 0.6) is 0 Å². The van der Waals surface area contributed by atoms with Crippen LogP contribution in [-0.2, 0) is 0 Å². The lowest BCUT2D eigenvalue weighted by molar-refractivity contribution is 0.942. The van der Waals surface area contributed by atoms with E-state index >= 15 is 0 Å². The van der Waals surface area contributed by atoms with Gasteiger partial charge in [0.1, 0.15) is 11.2 Å². The number of terminal acetylenes is 1. The molecule has 3 nitrogen and oxygen atoms in total. The molecule has 0 aliphatic rings. The summed E-state index contributed by atoms with van der Waals surface area (Å²) in [5.74, 6) is 2.52. The van der Waals surface area contributed by atoms with E-state index in [4.69, 9.17) is 6.42 Å². The molecule has 0 saturated carbocycles. The molecule has 0 atom stereocenters. The van der Waals surface area contributed by atoms with Crippen molar-refractivity contribution in [2.24, 2.45) is 0 Å². The fourth-order valence-corrected chi connectivity index (χ4v) is 1.19. The van der Waals surface area contributed by atoms with E-state index in [-0.39, 0.29) is 0 Å². The smallest absolute Gasteiger partial charge is 0.138 e. The average molecular weight is 187 g/mol. The maximum atomic E-state index is 5.29. The number of aromatic nitrogens is 3. The van der Waals surface area contributed by atoms with Gasteiger partial charge < -0.3 is 0 Å². The van der Waals surface area contributed by atoms with Crippen molar-refractivity contribution in [1.29, 1.82) is 0 Å². The van der Waals surface area contributed by atoms with Crippen LogP contribution in [0.25, 0.3) is 5.52 Å². The molecule has 0 aliphatic heterocycles. The SMILES string of the molecule is C#Cc1nccn2ncc(C)c12.CC. The molecule has 0 aromatic carbocycles. The fraction of sp³-hybridized carbons (Fsp3) is 0.273. The number of fused-ring (bicyclic) bond motifs is 1. The third kappa shape index (κ3) is 1.60. The number of aryl methyl sites for hydroxylation is 1. The van der Waals surface area contributed by atoms with Gasteiger partial charge in [-0.2, -0.15) is 5.10 Å². The summed E-state index contributed by atoms with van der Waals surface area (Å²) in [6.45, 7) is 5.96. The van der Waals surface area contributed by atoms with E-state index < -0.39 is 0 Å². The summed E-state index contributed by atoms with van der Waals surface area (Å²) in [6.07, 6.45) is 10.5. The van der Waals surface area contributed by atoms with Gasteiger partial charge in [-0.1, -0.05) is 13.8 Å². The van der Waals surface area contributed by atoms with Crippen LogP contribution in [0.3, 0.4) is 0 Å². The fourth-order valence-electron chi connectivity index (χ4n) is 1.19. The Bertz CT molecular complexity index is 463. The lowest BCUT2D eigenvalue weighted by atomic mass is 10.2. The molecule has 0 fully saturated rings. The third-order valence-corrected chi connectivity index (χ3v) is 1.75. The number of hydrogen-bond acceptors (Lipinski definition) is 2. The molecule has 14 heavy (non-hydrogen) atoms. The quantitative estimate of drug-likeness (QED) is 0.591. The van der Waals surface area contributed by atoms with Crippen molar-refractivity contribution >= 4 is 5.52 Å². The van der Waals surface area contributed by atoms with Crippen LogP contribution in [0, 0.1) is 19.3 Å². The van der Waals surface area contributed by atoms with E-state index in [1.54, 1.807) is 23.1 Å². The van der Waals surface area contributed by atoms with Crippen molar-refractivity contribution in [3.63, 3.8) is 0 Å². The second-order valence-corrected chi connectivity index (χ2v) is 2.54. The van der Waals surface area contributed by atoms with Gasteiger partial charge in [-0.05, 0) is 18.4 Å². The second kappa shape index (κ2) is 4.43. The largest absolute Gasteiger partial charge is 0.244 e. The Morgan fingerprint density at radius 3 is 2.79 bits per heavy atom. The molecule has 0 unspecified atom stereocenters. The van der Waals surface area contributed by atoms with E-state index in [9.17, 15) is 0 Å². The molecular weight excluding hydrogens is 174 g/mol. The van der Waals surface area contributed by atoms with Gasteiger partial charge in [-0.3, -0.25) is 0 Å². The zero-order valence-corrected chi connectivity index (χ0v) is 8.65. The van der Waals surface area contributed by atoms with Crippen LogP contribution in [0.15, 0.2) is 18.6 Å². The third-order valence-electron chi connectivity index (χ3n) is 1.75. The van der Waals surface area contributed by atoms with Crippen LogP contribution in [0.4, 0.5) is 0 Å². The van der Waals surface area contributed by atoms with Crippen LogP contribution < -0.4 is 0 Å². The predicted octanol–water partition coefficient (Wildman–Crippen LogP) is 2.05. The highest BCUT2D eigenvalue weighted by molar-refractivity contribution is 5.62. The standard InChI is InChI=1S/C9H7N3.C2H6/c1-3-8-9-7(2)6-11-12(9)5-4-10-8;1-2/h1,4-6H,2H3;1-2H3. The van der Waals surface area contributed by atoms with Crippen molar-refractivity contribution in [2.75, 3.05) is 0 Å². The molecule has 2 aromatic heterocycles. The zero-order valence-electron chi connectivity index (χ0n) is 8.65. The summed E-state index contributed by atoms with van der Waals surface area (Å²) < 4.78 is 1.73. The topological polar surface area (TPSA) is 30.2 Å². The number of hydrogen-bond donors (Lipinski definition) is 0. The molecule has 0 aliphatic carbocycles. The highest BCUT2D eigenvalue weighted by Crippen LogP contribution is 2.10. The molecule has 0 spiro atoms. The molecule has 72 valence electrons. The summed E-state index contributed by atoms with van der Waals surface area (Å²) in [5.41, 5.74) is 2.61. The molecular formula is C11H13N3. The molecule has 0 bridgehead atoms. The maximum Gasteiger partial charge on any atom is 0.138 e. The molecule has 0 saturated heterocycles. The predicted molar refractivity (Wildman–Crippen MR) is 57.0 cm³/mol. The van der Waals surface area contributed by atoms with Gasteiger partial charge in [-0.15, -0.1) is 6.42 Å². The molecule has 3 heteroatoms. The number of rotatable bonds is 0. The van der Waals surface area contributed by atoms with E-state index in [2.05, 4.69) is 16.0 Å². The molecule has 0 amide bonds. The van der Waals surface area contributed by atoms with Gasteiger partial charge in [0, 0.05) is 12.4 Å². The Kier molecular flexibility index (Phi) is 3.24. The van der Waals surface area contributed by atoms with Crippen LogP contribution in [0.2, 0.25) is 0 Å². The first-order chi connectivity index (χ1) is 6.83. The zero-order chi connectivity index (χ0) is 10.6. The summed E-state index contributed by atoms with van der Waals surface area (Å²) >= 11 is 0. The van der Waals surface area contributed by atoms with Gasteiger partial charge >= 0.3 is 0 Å². The summed E-state index contributed by atoms with van der Waals surface area (Å²) in [4.78, 5) is 4.06. The van der Waals surface area contributed by atoms with Gasteiger partial charge in [0.25, 0.3) is 0 Å². The Labute approximate surface area is 83.8 Å². The van der Waals surface area contributed by atoms with Crippen molar-refractivity contribution in [1.82, 2.24) is 14.6 Å². The first kappa shape index (κ1) is 10.3. The van der Waals surface area contributed by atoms with Crippen LogP contribution >= 0.6 is 0 Å². The first-order valence-corrected chi connectivity index (χ1v) is 4.58. The summed E-state index contributed by atoms with van der Waals surface area (Å²) in [5, 5.41) is 4.11. The van der Waals surface area contributed by atoms with Gasteiger partial charge in [0.2, 0.25) is 0 Å². The second-order valence-electron chi connectivity index (χ2n) is 2.54. The molecule has 2 heterocycles. The Morgan fingerprint density at radius 2 is 2.14 bits per heavy atom. The summed E-state index contributed by atoms with van der Waals surface area (Å²) in [7, 11) is 0. The number of nitrogens with zero attached hydrogens (tertiary/aromatic N) is 3. The monoisotopic (exact) mass is 187 g/mol. The minimum absolute atomic E-state index is 0.646. The Morgan fingerprint density at radius 1 is 1.43 bits per heavy atom. The van der Waals surface area contributed by atoms with E-state index in [0.717, 1.165) is 11.1 Å². The first-order valence-electron chi connectivity index (χ1n) is 4.58. The van der Waals surface area contributed by atoms with E-state index in [0.29, 0.717) is 5.69 Å². The van der Waals surface area contributed by atoms with E-state index in [1.807, 2.05) is 20.8 Å². The van der Waals surface area contributed by atoms with Gasteiger partial charge in [0.15, 0.2) is 0 Å². The molecule has 0 N–H and O–H groups in total. The van der Waals surface area contributed by atoms with Gasteiger partial charge in [0.05, 0.1) is 6.20 Å². The minimum atomic E-state index is 0.646. The van der Waals surface area contributed by atoms with Crippen molar-refractivity contribution in [3.8, 4) is 12.3 Å². The Hall–Kier alpha value is -1.82. The van der Waals surface area contributed by atoms with Crippen LogP contribution in [-0.4, -0.2) is 14.6 Å².